The van der Waals surface area contributed by atoms with Crippen LogP contribution in [0.15, 0.2) is 36.7 Å². The molecule has 1 aliphatic rings. The molecule has 0 saturated carbocycles. The number of aromatic nitrogens is 2. The van der Waals surface area contributed by atoms with Crippen LogP contribution in [0.1, 0.15) is 52.5 Å². The Hall–Kier alpha value is -2.63. The molecule has 0 atom stereocenters. The fraction of sp³-hybridized carbons (Fsp3) is 0.450. The van der Waals surface area contributed by atoms with Crippen LogP contribution >= 0.6 is 0 Å². The van der Waals surface area contributed by atoms with E-state index >= 15 is 0 Å². The number of carbonyl (C=O) groups excluding carboxylic acids is 1. The second kappa shape index (κ2) is 8.17. The van der Waals surface area contributed by atoms with Gasteiger partial charge < -0.3 is 10.0 Å². The normalized spacial score (nSPS) is 15.2. The zero-order valence-electron chi connectivity index (χ0n) is 15.1. The van der Waals surface area contributed by atoms with Gasteiger partial charge in [-0.2, -0.15) is 5.10 Å². The first-order valence-electron chi connectivity index (χ1n) is 9.21. The van der Waals surface area contributed by atoms with Crippen LogP contribution in [0, 0.1) is 5.92 Å². The van der Waals surface area contributed by atoms with E-state index in [2.05, 4.69) is 12.0 Å². The van der Waals surface area contributed by atoms with Crippen molar-refractivity contribution < 1.29 is 14.7 Å². The average Bonchev–Trinajstić information content (AvgIpc) is 3.11. The van der Waals surface area contributed by atoms with Crippen molar-refractivity contribution in [3.05, 3.63) is 53.3 Å². The molecule has 0 bridgehead atoms. The van der Waals surface area contributed by atoms with Crippen LogP contribution < -0.4 is 0 Å². The van der Waals surface area contributed by atoms with Crippen LogP contribution in [-0.2, 0) is 13.0 Å². The first-order chi connectivity index (χ1) is 12.6. The summed E-state index contributed by atoms with van der Waals surface area (Å²) in [6.07, 6.45) is 6.98. The van der Waals surface area contributed by atoms with E-state index in [0.717, 1.165) is 37.8 Å². The first kappa shape index (κ1) is 18.2. The molecular weight excluding hydrogens is 330 g/mol. The number of rotatable bonds is 6. The molecule has 6 heteroatoms. The Balaban J connectivity index is 1.57. The van der Waals surface area contributed by atoms with Crippen molar-refractivity contribution >= 4 is 11.9 Å². The lowest BCUT2D eigenvalue weighted by atomic mass is 9.88. The number of aromatic carboxylic acids is 1. The fourth-order valence-electron chi connectivity index (χ4n) is 3.57. The maximum Gasteiger partial charge on any atom is 0.335 e. The molecule has 3 rings (SSSR count). The van der Waals surface area contributed by atoms with Crippen molar-refractivity contribution in [1.82, 2.24) is 14.7 Å². The molecule has 2 heterocycles. The SMILES string of the molecule is CCCn1cc(C(=O)N2CCC(Cc3ccccc3C(=O)O)CC2)cn1. The Labute approximate surface area is 153 Å². The van der Waals surface area contributed by atoms with E-state index in [1.54, 1.807) is 18.3 Å². The number of carbonyl (C=O) groups is 2. The number of aryl methyl sites for hydroxylation is 1. The summed E-state index contributed by atoms with van der Waals surface area (Å²) in [5.74, 6) is -0.434. The smallest absolute Gasteiger partial charge is 0.335 e. The van der Waals surface area contributed by atoms with Crippen LogP contribution in [-0.4, -0.2) is 44.8 Å². The molecular formula is C20H25N3O3. The number of carboxylic acid groups (broad SMARTS) is 1. The Morgan fingerprint density at radius 1 is 1.23 bits per heavy atom. The molecule has 1 aromatic heterocycles. The predicted molar refractivity (Wildman–Crippen MR) is 98.3 cm³/mol. The summed E-state index contributed by atoms with van der Waals surface area (Å²) in [6.45, 7) is 4.31. The van der Waals surface area contributed by atoms with Crippen LogP contribution in [0.25, 0.3) is 0 Å². The molecule has 1 aromatic carbocycles. The second-order valence-corrected chi connectivity index (χ2v) is 6.89. The van der Waals surface area contributed by atoms with Gasteiger partial charge in [0.25, 0.3) is 5.91 Å². The van der Waals surface area contributed by atoms with Crippen molar-refractivity contribution in [1.29, 1.82) is 0 Å². The third-order valence-electron chi connectivity index (χ3n) is 4.99. The Morgan fingerprint density at radius 2 is 1.96 bits per heavy atom. The maximum absolute atomic E-state index is 12.6. The second-order valence-electron chi connectivity index (χ2n) is 6.89. The van der Waals surface area contributed by atoms with Gasteiger partial charge in [0.05, 0.1) is 17.3 Å². The molecule has 138 valence electrons. The summed E-state index contributed by atoms with van der Waals surface area (Å²) < 4.78 is 1.81. The Kier molecular flexibility index (Phi) is 5.71. The van der Waals surface area contributed by atoms with Gasteiger partial charge >= 0.3 is 5.97 Å². The zero-order chi connectivity index (χ0) is 18.5. The maximum atomic E-state index is 12.6. The lowest BCUT2D eigenvalue weighted by Crippen LogP contribution is -2.38. The van der Waals surface area contributed by atoms with E-state index in [0.29, 0.717) is 30.1 Å². The van der Waals surface area contributed by atoms with Crippen LogP contribution in [0.3, 0.4) is 0 Å². The average molecular weight is 355 g/mol. The number of piperidine rings is 1. The molecule has 0 aliphatic carbocycles. The standard InChI is InChI=1S/C20H25N3O3/c1-2-9-23-14-17(13-21-23)19(24)22-10-7-15(8-11-22)12-16-5-3-4-6-18(16)20(25)26/h3-6,13-15H,2,7-12H2,1H3,(H,25,26). The third-order valence-corrected chi connectivity index (χ3v) is 4.99. The number of hydrogen-bond donors (Lipinski definition) is 1. The van der Waals surface area contributed by atoms with Crippen molar-refractivity contribution in [3.63, 3.8) is 0 Å². The van der Waals surface area contributed by atoms with Crippen LogP contribution in [0.2, 0.25) is 0 Å². The molecule has 1 saturated heterocycles. The first-order valence-corrected chi connectivity index (χ1v) is 9.21. The number of nitrogens with zero attached hydrogens (tertiary/aromatic N) is 3. The van der Waals surface area contributed by atoms with Gasteiger partial charge in [-0.25, -0.2) is 4.79 Å². The lowest BCUT2D eigenvalue weighted by molar-refractivity contribution is 0.0690. The molecule has 6 nitrogen and oxygen atoms in total. The highest BCUT2D eigenvalue weighted by Crippen LogP contribution is 2.24. The Morgan fingerprint density at radius 3 is 2.65 bits per heavy atom. The van der Waals surface area contributed by atoms with E-state index in [-0.39, 0.29) is 5.91 Å². The number of amides is 1. The minimum absolute atomic E-state index is 0.0386. The van der Waals surface area contributed by atoms with E-state index in [4.69, 9.17) is 0 Å². The largest absolute Gasteiger partial charge is 0.478 e. The van der Waals surface area contributed by atoms with Gasteiger partial charge in [0.1, 0.15) is 0 Å². The van der Waals surface area contributed by atoms with Crippen molar-refractivity contribution in [3.8, 4) is 0 Å². The Bertz CT molecular complexity index is 776. The van der Waals surface area contributed by atoms with E-state index in [1.807, 2.05) is 27.9 Å². The van der Waals surface area contributed by atoms with Crippen LogP contribution in [0.5, 0.6) is 0 Å². The van der Waals surface area contributed by atoms with Gasteiger partial charge in [-0.3, -0.25) is 9.48 Å². The molecule has 0 spiro atoms. The summed E-state index contributed by atoms with van der Waals surface area (Å²) in [5, 5.41) is 13.5. The third kappa shape index (κ3) is 4.12. The van der Waals surface area contributed by atoms with Gasteiger partial charge in [0.15, 0.2) is 0 Å². The van der Waals surface area contributed by atoms with E-state index in [1.165, 1.54) is 0 Å². The van der Waals surface area contributed by atoms with Crippen molar-refractivity contribution in [2.45, 2.75) is 39.2 Å². The molecule has 1 fully saturated rings. The summed E-state index contributed by atoms with van der Waals surface area (Å²) in [5.41, 5.74) is 1.91. The molecule has 2 aromatic rings. The van der Waals surface area contributed by atoms with Crippen molar-refractivity contribution in [2.24, 2.45) is 5.92 Å². The molecule has 1 amide bonds. The topological polar surface area (TPSA) is 75.4 Å². The molecule has 26 heavy (non-hydrogen) atoms. The van der Waals surface area contributed by atoms with Crippen LogP contribution in [0.4, 0.5) is 0 Å². The van der Waals surface area contributed by atoms with Gasteiger partial charge in [-0.05, 0) is 43.2 Å². The molecule has 1 aliphatic heterocycles. The van der Waals surface area contributed by atoms with Gasteiger partial charge in [0, 0.05) is 25.8 Å². The number of hydrogen-bond acceptors (Lipinski definition) is 3. The summed E-state index contributed by atoms with van der Waals surface area (Å²) >= 11 is 0. The number of carboxylic acids is 1. The highest BCUT2D eigenvalue weighted by atomic mass is 16.4. The minimum Gasteiger partial charge on any atom is -0.478 e. The number of likely N-dealkylation sites (tertiary alicyclic amines) is 1. The highest BCUT2D eigenvalue weighted by Gasteiger charge is 2.25. The molecule has 0 radical (unpaired) electrons. The van der Waals surface area contributed by atoms with Gasteiger partial charge in [-0.1, -0.05) is 25.1 Å². The zero-order valence-corrected chi connectivity index (χ0v) is 15.1. The van der Waals surface area contributed by atoms with E-state index < -0.39 is 5.97 Å². The summed E-state index contributed by atoms with van der Waals surface area (Å²) in [4.78, 5) is 25.9. The fourth-order valence-corrected chi connectivity index (χ4v) is 3.57. The van der Waals surface area contributed by atoms with Gasteiger partial charge in [-0.15, -0.1) is 0 Å². The predicted octanol–water partition coefficient (Wildman–Crippen LogP) is 3.09. The summed E-state index contributed by atoms with van der Waals surface area (Å²) in [6, 6.07) is 7.19. The molecule has 0 unspecified atom stereocenters. The minimum atomic E-state index is -0.877. The van der Waals surface area contributed by atoms with E-state index in [9.17, 15) is 14.7 Å². The number of benzene rings is 1. The summed E-state index contributed by atoms with van der Waals surface area (Å²) in [7, 11) is 0. The van der Waals surface area contributed by atoms with Crippen molar-refractivity contribution in [2.75, 3.05) is 13.1 Å². The molecule has 1 N–H and O–H groups in total. The quantitative estimate of drug-likeness (QED) is 0.864. The monoisotopic (exact) mass is 355 g/mol. The lowest BCUT2D eigenvalue weighted by Gasteiger charge is -2.32. The van der Waals surface area contributed by atoms with Gasteiger partial charge in [0.2, 0.25) is 0 Å². The highest BCUT2D eigenvalue weighted by molar-refractivity contribution is 5.93.